The van der Waals surface area contributed by atoms with Crippen LogP contribution in [0.15, 0.2) is 29.3 Å². The van der Waals surface area contributed by atoms with Crippen LogP contribution in [0.4, 0.5) is 18.9 Å². The summed E-state index contributed by atoms with van der Waals surface area (Å²) in [6, 6.07) is 4.70. The van der Waals surface area contributed by atoms with Crippen molar-refractivity contribution in [3.8, 4) is 0 Å². The van der Waals surface area contributed by atoms with E-state index in [4.69, 9.17) is 0 Å². The van der Waals surface area contributed by atoms with Gasteiger partial charge in [0, 0.05) is 6.04 Å². The van der Waals surface area contributed by atoms with Gasteiger partial charge in [-0.15, -0.1) is 0 Å². The molecule has 0 aromatic heterocycles. The fraction of sp³-hybridized carbons (Fsp3) is 0.385. The minimum Gasteiger partial charge on any atom is -0.273 e. The van der Waals surface area contributed by atoms with Gasteiger partial charge < -0.3 is 0 Å². The third-order valence-corrected chi connectivity index (χ3v) is 3.50. The number of nitrogens with zero attached hydrogens (tertiary/aromatic N) is 2. The minimum atomic E-state index is -4.43. The summed E-state index contributed by atoms with van der Waals surface area (Å²) in [5, 5.41) is 0.448. The molecule has 1 aromatic carbocycles. The molecule has 7 heteroatoms. The van der Waals surface area contributed by atoms with Crippen molar-refractivity contribution in [3.63, 3.8) is 0 Å². The van der Waals surface area contributed by atoms with Gasteiger partial charge in [-0.05, 0) is 32.0 Å². The average molecular weight is 302 g/mol. The molecule has 0 saturated carbocycles. The molecule has 3 nitrogen and oxygen atoms in total. The topological polar surface area (TPSA) is 32.7 Å². The minimum absolute atomic E-state index is 0.0308. The van der Waals surface area contributed by atoms with Crippen molar-refractivity contribution in [2.75, 3.05) is 10.7 Å². The van der Waals surface area contributed by atoms with Crippen molar-refractivity contribution in [3.05, 3.63) is 29.8 Å². The second-order valence-electron chi connectivity index (χ2n) is 4.57. The van der Waals surface area contributed by atoms with Crippen LogP contribution >= 0.6 is 11.8 Å². The number of anilines is 1. The van der Waals surface area contributed by atoms with Gasteiger partial charge in [0.25, 0.3) is 0 Å². The molecular formula is C13H13F3N2OS. The SMILES string of the molecule is CC(C)/N=C1\SCC(=O)N1c1cccc(C(F)(F)F)c1. The van der Waals surface area contributed by atoms with E-state index in [0.29, 0.717) is 5.17 Å². The van der Waals surface area contributed by atoms with Crippen LogP contribution in [-0.2, 0) is 11.0 Å². The highest BCUT2D eigenvalue weighted by Crippen LogP contribution is 2.34. The van der Waals surface area contributed by atoms with E-state index in [9.17, 15) is 18.0 Å². The lowest BCUT2D eigenvalue weighted by molar-refractivity contribution is -0.137. The average Bonchev–Trinajstić information content (AvgIpc) is 2.69. The zero-order valence-electron chi connectivity index (χ0n) is 10.9. The largest absolute Gasteiger partial charge is 0.416 e. The first-order chi connectivity index (χ1) is 9.29. The molecule has 1 aliphatic rings. The number of halogens is 3. The molecule has 0 bridgehead atoms. The zero-order chi connectivity index (χ0) is 14.9. The van der Waals surface area contributed by atoms with E-state index in [1.54, 1.807) is 0 Å². The number of carbonyl (C=O) groups excluding carboxylic acids is 1. The molecule has 0 spiro atoms. The highest BCUT2D eigenvalue weighted by molar-refractivity contribution is 8.15. The fourth-order valence-electron chi connectivity index (χ4n) is 1.75. The van der Waals surface area contributed by atoms with E-state index in [1.807, 2.05) is 13.8 Å². The van der Waals surface area contributed by atoms with E-state index in [1.165, 1.54) is 28.8 Å². The molecular weight excluding hydrogens is 289 g/mol. The van der Waals surface area contributed by atoms with Crippen LogP contribution in [0.2, 0.25) is 0 Å². The van der Waals surface area contributed by atoms with Gasteiger partial charge in [-0.1, -0.05) is 17.8 Å². The Labute approximate surface area is 118 Å². The van der Waals surface area contributed by atoms with Crippen LogP contribution < -0.4 is 4.90 Å². The number of rotatable bonds is 2. The van der Waals surface area contributed by atoms with Crippen LogP contribution in [0, 0.1) is 0 Å². The van der Waals surface area contributed by atoms with E-state index >= 15 is 0 Å². The molecule has 1 aliphatic heterocycles. The van der Waals surface area contributed by atoms with Gasteiger partial charge in [0.15, 0.2) is 5.17 Å². The van der Waals surface area contributed by atoms with Crippen LogP contribution in [0.1, 0.15) is 19.4 Å². The molecule has 1 aromatic rings. The van der Waals surface area contributed by atoms with Crippen molar-refractivity contribution in [1.29, 1.82) is 0 Å². The molecule has 108 valence electrons. The Morgan fingerprint density at radius 1 is 1.35 bits per heavy atom. The van der Waals surface area contributed by atoms with Crippen LogP contribution in [0.25, 0.3) is 0 Å². The summed E-state index contributed by atoms with van der Waals surface area (Å²) in [5.74, 6) is -0.0596. The summed E-state index contributed by atoms with van der Waals surface area (Å²) in [4.78, 5) is 17.4. The Balaban J connectivity index is 2.41. The van der Waals surface area contributed by atoms with Crippen molar-refractivity contribution in [2.45, 2.75) is 26.1 Å². The Hall–Kier alpha value is -1.50. The normalized spacial score (nSPS) is 18.4. The maximum absolute atomic E-state index is 12.7. The van der Waals surface area contributed by atoms with Crippen LogP contribution in [-0.4, -0.2) is 22.9 Å². The molecule has 0 unspecified atom stereocenters. The first-order valence-corrected chi connectivity index (χ1v) is 6.98. The highest BCUT2D eigenvalue weighted by Gasteiger charge is 2.34. The molecule has 0 N–H and O–H groups in total. The van der Waals surface area contributed by atoms with Gasteiger partial charge in [-0.25, -0.2) is 0 Å². The molecule has 2 rings (SSSR count). The first-order valence-electron chi connectivity index (χ1n) is 6.00. The summed E-state index contributed by atoms with van der Waals surface area (Å²) in [7, 11) is 0. The van der Waals surface area contributed by atoms with Crippen molar-refractivity contribution >= 4 is 28.5 Å². The highest BCUT2D eigenvalue weighted by atomic mass is 32.2. The van der Waals surface area contributed by atoms with Crippen molar-refractivity contribution in [1.82, 2.24) is 0 Å². The molecule has 1 saturated heterocycles. The van der Waals surface area contributed by atoms with E-state index < -0.39 is 11.7 Å². The molecule has 1 fully saturated rings. The van der Waals surface area contributed by atoms with Crippen LogP contribution in [0.5, 0.6) is 0 Å². The number of carbonyl (C=O) groups is 1. The second-order valence-corrected chi connectivity index (χ2v) is 5.51. The number of benzene rings is 1. The van der Waals surface area contributed by atoms with E-state index in [0.717, 1.165) is 12.1 Å². The van der Waals surface area contributed by atoms with Gasteiger partial charge in [0.05, 0.1) is 17.0 Å². The third kappa shape index (κ3) is 3.15. The van der Waals surface area contributed by atoms with Gasteiger partial charge in [0.1, 0.15) is 0 Å². The number of amidine groups is 1. The number of amides is 1. The van der Waals surface area contributed by atoms with Gasteiger partial charge in [-0.3, -0.25) is 14.7 Å². The number of aliphatic imine (C=N–C) groups is 1. The van der Waals surface area contributed by atoms with E-state index in [-0.39, 0.29) is 23.4 Å². The Morgan fingerprint density at radius 3 is 2.65 bits per heavy atom. The molecule has 1 heterocycles. The lowest BCUT2D eigenvalue weighted by Gasteiger charge is -2.18. The van der Waals surface area contributed by atoms with E-state index in [2.05, 4.69) is 4.99 Å². The van der Waals surface area contributed by atoms with Crippen LogP contribution in [0.3, 0.4) is 0 Å². The Bertz CT molecular complexity index is 555. The van der Waals surface area contributed by atoms with Gasteiger partial charge in [-0.2, -0.15) is 13.2 Å². The summed E-state index contributed by atoms with van der Waals surface area (Å²) < 4.78 is 38.2. The predicted octanol–water partition coefficient (Wildman–Crippen LogP) is 3.55. The molecule has 20 heavy (non-hydrogen) atoms. The lowest BCUT2D eigenvalue weighted by atomic mass is 10.2. The van der Waals surface area contributed by atoms with Gasteiger partial charge >= 0.3 is 6.18 Å². The molecule has 1 amide bonds. The third-order valence-electron chi connectivity index (χ3n) is 2.57. The first kappa shape index (κ1) is 14.9. The quantitative estimate of drug-likeness (QED) is 0.837. The molecule has 0 atom stereocenters. The standard InChI is InChI=1S/C13H13F3N2OS/c1-8(2)17-12-18(11(19)7-20-12)10-5-3-4-9(6-10)13(14,15)16/h3-6,8H,7H2,1-2H3/b17-12-. The molecule has 0 aliphatic carbocycles. The molecule has 0 radical (unpaired) electrons. The number of thioether (sulfide) groups is 1. The van der Waals surface area contributed by atoms with Gasteiger partial charge in [0.2, 0.25) is 5.91 Å². The monoisotopic (exact) mass is 302 g/mol. The van der Waals surface area contributed by atoms with Crippen molar-refractivity contribution < 1.29 is 18.0 Å². The van der Waals surface area contributed by atoms with Crippen molar-refractivity contribution in [2.24, 2.45) is 4.99 Å². The Morgan fingerprint density at radius 2 is 2.05 bits per heavy atom. The summed E-state index contributed by atoms with van der Waals surface area (Å²) >= 11 is 1.24. The summed E-state index contributed by atoms with van der Waals surface area (Å²) in [5.41, 5.74) is -0.571. The smallest absolute Gasteiger partial charge is 0.273 e. The fourth-order valence-corrected chi connectivity index (χ4v) is 2.76. The Kier molecular flexibility index (Phi) is 4.08. The zero-order valence-corrected chi connectivity index (χ0v) is 11.8. The second kappa shape index (κ2) is 5.47. The summed E-state index contributed by atoms with van der Waals surface area (Å²) in [6.45, 7) is 3.70. The number of hydrogen-bond acceptors (Lipinski definition) is 3. The maximum Gasteiger partial charge on any atom is 0.416 e. The number of hydrogen-bond donors (Lipinski definition) is 0. The predicted molar refractivity (Wildman–Crippen MR) is 74.0 cm³/mol. The lowest BCUT2D eigenvalue weighted by Crippen LogP contribution is -2.30. The number of alkyl halides is 3. The summed E-state index contributed by atoms with van der Waals surface area (Å²) in [6.07, 6.45) is -4.43. The maximum atomic E-state index is 12.7.